The topological polar surface area (TPSA) is 29.5 Å². The number of unbranched alkanes of at least 4 members (excludes halogenated alkanes) is 1. The van der Waals surface area contributed by atoms with Crippen LogP contribution in [0.4, 0.5) is 0 Å². The number of esters is 1. The first-order valence-electron chi connectivity index (χ1n) is 6.53. The van der Waals surface area contributed by atoms with Crippen LogP contribution in [0.3, 0.4) is 0 Å². The fraction of sp³-hybridized carbons (Fsp3) is 0.643. The second kappa shape index (κ2) is 8.99. The third-order valence-electron chi connectivity index (χ3n) is 2.77. The molecule has 1 rings (SSSR count). The molecule has 0 aromatic heterocycles. The zero-order valence-electron chi connectivity index (χ0n) is 10.7. The molecule has 0 unspecified atom stereocenters. The van der Waals surface area contributed by atoms with Gasteiger partial charge in [-0.3, -0.25) is 4.90 Å². The van der Waals surface area contributed by atoms with E-state index in [0.29, 0.717) is 6.61 Å². The van der Waals surface area contributed by atoms with Crippen LogP contribution in [0.5, 0.6) is 0 Å². The van der Waals surface area contributed by atoms with Crippen molar-refractivity contribution < 1.29 is 9.53 Å². The molecular formula is C14H23NO2. The van der Waals surface area contributed by atoms with Gasteiger partial charge in [0.25, 0.3) is 0 Å². The van der Waals surface area contributed by atoms with Crippen molar-refractivity contribution in [2.24, 2.45) is 0 Å². The summed E-state index contributed by atoms with van der Waals surface area (Å²) >= 11 is 0. The molecule has 0 spiro atoms. The molecule has 0 N–H and O–H groups in total. The fourth-order valence-electron chi connectivity index (χ4n) is 1.87. The van der Waals surface area contributed by atoms with Crippen molar-refractivity contribution in [1.82, 2.24) is 4.90 Å². The Hall–Kier alpha value is -1.09. The first-order valence-corrected chi connectivity index (χ1v) is 6.53. The normalized spacial score (nSPS) is 17.2. The maximum absolute atomic E-state index is 11.0. The van der Waals surface area contributed by atoms with Crippen LogP contribution in [0.15, 0.2) is 24.3 Å². The summed E-state index contributed by atoms with van der Waals surface area (Å²) in [6, 6.07) is 0. The third kappa shape index (κ3) is 6.95. The first kappa shape index (κ1) is 14.0. The van der Waals surface area contributed by atoms with E-state index in [-0.39, 0.29) is 5.97 Å². The SMILES string of the molecule is CCOC(=O)C=CCCC=CCN1CCCC1. The van der Waals surface area contributed by atoms with Crippen LogP contribution in [0.25, 0.3) is 0 Å². The summed E-state index contributed by atoms with van der Waals surface area (Å²) < 4.78 is 4.79. The minimum absolute atomic E-state index is 0.242. The Balaban J connectivity index is 1.99. The van der Waals surface area contributed by atoms with Crippen molar-refractivity contribution in [1.29, 1.82) is 0 Å². The van der Waals surface area contributed by atoms with Crippen LogP contribution in [-0.2, 0) is 9.53 Å². The maximum atomic E-state index is 11.0. The van der Waals surface area contributed by atoms with Gasteiger partial charge in [-0.1, -0.05) is 18.2 Å². The largest absolute Gasteiger partial charge is 0.463 e. The van der Waals surface area contributed by atoms with E-state index in [2.05, 4.69) is 17.1 Å². The number of rotatable bonds is 7. The van der Waals surface area contributed by atoms with Crippen molar-refractivity contribution in [3.8, 4) is 0 Å². The quantitative estimate of drug-likeness (QED) is 0.295. The Morgan fingerprint density at radius 2 is 1.88 bits per heavy atom. The van der Waals surface area contributed by atoms with Crippen molar-refractivity contribution in [2.45, 2.75) is 32.6 Å². The second-order valence-electron chi connectivity index (χ2n) is 4.21. The smallest absolute Gasteiger partial charge is 0.330 e. The molecule has 17 heavy (non-hydrogen) atoms. The molecule has 0 aliphatic carbocycles. The number of allylic oxidation sites excluding steroid dienone is 2. The monoisotopic (exact) mass is 237 g/mol. The van der Waals surface area contributed by atoms with E-state index in [1.54, 1.807) is 0 Å². The molecule has 1 aliphatic rings. The Morgan fingerprint density at radius 3 is 2.59 bits per heavy atom. The van der Waals surface area contributed by atoms with Crippen molar-refractivity contribution >= 4 is 5.97 Å². The number of carbonyl (C=O) groups is 1. The molecule has 0 aromatic carbocycles. The highest BCUT2D eigenvalue weighted by atomic mass is 16.5. The molecule has 1 saturated heterocycles. The van der Waals surface area contributed by atoms with Crippen molar-refractivity contribution in [2.75, 3.05) is 26.2 Å². The molecule has 1 fully saturated rings. The molecule has 1 aliphatic heterocycles. The molecule has 0 radical (unpaired) electrons. The molecule has 0 aromatic rings. The van der Waals surface area contributed by atoms with Gasteiger partial charge in [0.2, 0.25) is 0 Å². The molecular weight excluding hydrogens is 214 g/mol. The van der Waals surface area contributed by atoms with Crippen LogP contribution in [0, 0.1) is 0 Å². The van der Waals surface area contributed by atoms with E-state index in [1.165, 1.54) is 32.0 Å². The summed E-state index contributed by atoms with van der Waals surface area (Å²) in [6.45, 7) is 5.81. The van der Waals surface area contributed by atoms with Gasteiger partial charge < -0.3 is 4.74 Å². The molecule has 0 atom stereocenters. The van der Waals surface area contributed by atoms with E-state index in [4.69, 9.17) is 4.74 Å². The molecule has 96 valence electrons. The van der Waals surface area contributed by atoms with Gasteiger partial charge in [0.05, 0.1) is 6.61 Å². The lowest BCUT2D eigenvalue weighted by molar-refractivity contribution is -0.137. The highest BCUT2D eigenvalue weighted by Gasteiger charge is 2.08. The van der Waals surface area contributed by atoms with E-state index < -0.39 is 0 Å². The lowest BCUT2D eigenvalue weighted by Crippen LogP contribution is -2.18. The van der Waals surface area contributed by atoms with E-state index in [0.717, 1.165) is 19.4 Å². The average molecular weight is 237 g/mol. The fourth-order valence-corrected chi connectivity index (χ4v) is 1.87. The van der Waals surface area contributed by atoms with Crippen LogP contribution >= 0.6 is 0 Å². The molecule has 0 amide bonds. The molecule has 0 saturated carbocycles. The predicted octanol–water partition coefficient (Wildman–Crippen LogP) is 2.54. The first-order chi connectivity index (χ1) is 8.33. The zero-order valence-corrected chi connectivity index (χ0v) is 10.7. The highest BCUT2D eigenvalue weighted by molar-refractivity contribution is 5.81. The van der Waals surface area contributed by atoms with Gasteiger partial charge in [-0.15, -0.1) is 0 Å². The lowest BCUT2D eigenvalue weighted by atomic mass is 10.2. The maximum Gasteiger partial charge on any atom is 0.330 e. The number of ether oxygens (including phenoxy) is 1. The number of likely N-dealkylation sites (tertiary alicyclic amines) is 1. The number of nitrogens with zero attached hydrogens (tertiary/aromatic N) is 1. The Labute approximate surface area is 104 Å². The zero-order chi connectivity index (χ0) is 12.3. The summed E-state index contributed by atoms with van der Waals surface area (Å²) in [7, 11) is 0. The molecule has 0 bridgehead atoms. The standard InChI is InChI=1S/C14H23NO2/c1-2-17-14(16)10-6-4-3-5-7-11-15-12-8-9-13-15/h5-7,10H,2-4,8-9,11-13H2,1H3. The highest BCUT2D eigenvalue weighted by Crippen LogP contribution is 2.06. The lowest BCUT2D eigenvalue weighted by Gasteiger charge is -2.10. The van der Waals surface area contributed by atoms with Crippen LogP contribution in [0.2, 0.25) is 0 Å². The molecule has 1 heterocycles. The van der Waals surface area contributed by atoms with E-state index in [9.17, 15) is 4.79 Å². The van der Waals surface area contributed by atoms with Gasteiger partial charge in [-0.2, -0.15) is 0 Å². The van der Waals surface area contributed by atoms with Crippen LogP contribution in [0.1, 0.15) is 32.6 Å². The minimum atomic E-state index is -0.242. The number of carbonyl (C=O) groups excluding carboxylic acids is 1. The third-order valence-corrected chi connectivity index (χ3v) is 2.77. The predicted molar refractivity (Wildman–Crippen MR) is 69.8 cm³/mol. The van der Waals surface area contributed by atoms with Crippen LogP contribution < -0.4 is 0 Å². The van der Waals surface area contributed by atoms with Gasteiger partial charge in [0.1, 0.15) is 0 Å². The van der Waals surface area contributed by atoms with Crippen molar-refractivity contribution in [3.63, 3.8) is 0 Å². The Morgan fingerprint density at radius 1 is 1.18 bits per heavy atom. The summed E-state index contributed by atoms with van der Waals surface area (Å²) in [5.41, 5.74) is 0. The second-order valence-corrected chi connectivity index (χ2v) is 4.21. The summed E-state index contributed by atoms with van der Waals surface area (Å²) in [5, 5.41) is 0. The summed E-state index contributed by atoms with van der Waals surface area (Å²) in [4.78, 5) is 13.4. The van der Waals surface area contributed by atoms with E-state index in [1.807, 2.05) is 13.0 Å². The summed E-state index contributed by atoms with van der Waals surface area (Å²) in [6.07, 6.45) is 12.4. The molecule has 3 heteroatoms. The average Bonchev–Trinajstić information content (AvgIpc) is 2.81. The van der Waals surface area contributed by atoms with Gasteiger partial charge >= 0.3 is 5.97 Å². The van der Waals surface area contributed by atoms with Crippen LogP contribution in [-0.4, -0.2) is 37.1 Å². The van der Waals surface area contributed by atoms with Gasteiger partial charge in [-0.25, -0.2) is 4.79 Å². The van der Waals surface area contributed by atoms with E-state index >= 15 is 0 Å². The minimum Gasteiger partial charge on any atom is -0.463 e. The van der Waals surface area contributed by atoms with Gasteiger partial charge in [0, 0.05) is 12.6 Å². The van der Waals surface area contributed by atoms with Gasteiger partial charge in [0.15, 0.2) is 0 Å². The van der Waals surface area contributed by atoms with Gasteiger partial charge in [-0.05, 0) is 45.7 Å². The Kier molecular flexibility index (Phi) is 7.39. The number of hydrogen-bond acceptors (Lipinski definition) is 3. The number of hydrogen-bond donors (Lipinski definition) is 0. The molecule has 3 nitrogen and oxygen atoms in total. The van der Waals surface area contributed by atoms with Crippen molar-refractivity contribution in [3.05, 3.63) is 24.3 Å². The Bertz CT molecular complexity index is 265. The summed E-state index contributed by atoms with van der Waals surface area (Å²) in [5.74, 6) is -0.242.